The number of halogens is 1. The third kappa shape index (κ3) is 6.14. The van der Waals surface area contributed by atoms with Crippen LogP contribution in [0.25, 0.3) is 0 Å². The summed E-state index contributed by atoms with van der Waals surface area (Å²) in [5.74, 6) is -0.530. The molecule has 1 saturated carbocycles. The molecule has 7 nitrogen and oxygen atoms in total. The second kappa shape index (κ2) is 8.97. The van der Waals surface area contributed by atoms with Crippen molar-refractivity contribution in [3.63, 3.8) is 0 Å². The average molecular weight is 401 g/mol. The van der Waals surface area contributed by atoms with Gasteiger partial charge >= 0.3 is 12.1 Å². The van der Waals surface area contributed by atoms with E-state index in [4.69, 9.17) is 25.8 Å². The van der Waals surface area contributed by atoms with Gasteiger partial charge in [-0.2, -0.15) is 0 Å². The molecule has 1 fully saturated rings. The number of nitrogens with zero attached hydrogens (tertiary/aromatic N) is 1. The van der Waals surface area contributed by atoms with E-state index in [-0.39, 0.29) is 12.5 Å². The van der Waals surface area contributed by atoms with Gasteiger partial charge in [0.25, 0.3) is 0 Å². The zero-order valence-corrected chi connectivity index (χ0v) is 17.3. The van der Waals surface area contributed by atoms with Gasteiger partial charge in [0.1, 0.15) is 17.9 Å². The number of methoxy groups -OCH3 is 1. The predicted octanol–water partition coefficient (Wildman–Crippen LogP) is 3.29. The number of rotatable bonds is 6. The highest BCUT2D eigenvalue weighted by molar-refractivity contribution is 6.31. The minimum absolute atomic E-state index is 0.191. The summed E-state index contributed by atoms with van der Waals surface area (Å²) in [5, 5.41) is 3.62. The van der Waals surface area contributed by atoms with Gasteiger partial charge in [-0.25, -0.2) is 9.59 Å². The van der Waals surface area contributed by atoms with Crippen LogP contribution in [0.15, 0.2) is 22.9 Å². The van der Waals surface area contributed by atoms with E-state index in [2.05, 4.69) is 5.32 Å². The molecule has 152 valence electrons. The number of carbonyl (C=O) groups excluding carboxylic acids is 2. The van der Waals surface area contributed by atoms with Gasteiger partial charge in [-0.3, -0.25) is 4.90 Å². The summed E-state index contributed by atoms with van der Waals surface area (Å²) < 4.78 is 16.3. The van der Waals surface area contributed by atoms with Gasteiger partial charge in [0.15, 0.2) is 0 Å². The van der Waals surface area contributed by atoms with Crippen LogP contribution in [0.5, 0.6) is 0 Å². The molecule has 2 atom stereocenters. The molecule has 0 aromatic carbocycles. The Labute approximate surface area is 165 Å². The third-order valence-electron chi connectivity index (χ3n) is 4.46. The quantitative estimate of drug-likeness (QED) is 0.689. The Bertz CT molecular complexity index is 622. The van der Waals surface area contributed by atoms with Gasteiger partial charge in [-0.1, -0.05) is 11.6 Å². The maximum Gasteiger partial charge on any atom is 0.410 e. The fraction of sp³-hybridized carbons (Fsp3) is 0.684. The third-order valence-corrected chi connectivity index (χ3v) is 4.68. The van der Waals surface area contributed by atoms with E-state index in [1.807, 2.05) is 0 Å². The molecule has 0 bridgehead atoms. The zero-order valence-electron chi connectivity index (χ0n) is 16.6. The van der Waals surface area contributed by atoms with Gasteiger partial charge < -0.3 is 19.5 Å². The molecule has 0 aromatic heterocycles. The van der Waals surface area contributed by atoms with Crippen molar-refractivity contribution in [1.29, 1.82) is 0 Å². The normalized spacial score (nSPS) is 21.2. The van der Waals surface area contributed by atoms with E-state index >= 15 is 0 Å². The number of allylic oxidation sites excluding steroid dienone is 2. The lowest BCUT2D eigenvalue weighted by molar-refractivity contribution is -0.146. The lowest BCUT2D eigenvalue weighted by Gasteiger charge is -2.35. The highest BCUT2D eigenvalue weighted by atomic mass is 35.5. The van der Waals surface area contributed by atoms with Crippen LogP contribution >= 0.6 is 11.6 Å². The number of nitrogens with one attached hydrogen (secondary N) is 1. The van der Waals surface area contributed by atoms with Crippen molar-refractivity contribution in [2.24, 2.45) is 0 Å². The van der Waals surface area contributed by atoms with E-state index in [9.17, 15) is 9.59 Å². The fourth-order valence-electron chi connectivity index (χ4n) is 2.75. The minimum Gasteiger partial charge on any atom is -0.467 e. The van der Waals surface area contributed by atoms with Gasteiger partial charge in [0, 0.05) is 19.7 Å². The van der Waals surface area contributed by atoms with Crippen molar-refractivity contribution < 1.29 is 23.8 Å². The summed E-state index contributed by atoms with van der Waals surface area (Å²) in [6, 6.07) is -0.854. The topological polar surface area (TPSA) is 77.1 Å². The molecule has 1 unspecified atom stereocenters. The molecule has 1 N–H and O–H groups in total. The summed E-state index contributed by atoms with van der Waals surface area (Å²) in [6.07, 6.45) is 6.03. The van der Waals surface area contributed by atoms with Crippen LogP contribution in [-0.2, 0) is 19.0 Å². The molecule has 8 heteroatoms. The molecular formula is C19H29ClN2O5. The number of ether oxygens (including phenoxy) is 3. The molecule has 1 amide bonds. The van der Waals surface area contributed by atoms with Crippen molar-refractivity contribution >= 4 is 23.7 Å². The lowest BCUT2D eigenvalue weighted by atomic mass is 9.95. The Morgan fingerprint density at radius 2 is 2.04 bits per heavy atom. The number of amides is 1. The van der Waals surface area contributed by atoms with Crippen molar-refractivity contribution in [3.05, 3.63) is 22.9 Å². The van der Waals surface area contributed by atoms with Gasteiger partial charge in [-0.05, 0) is 51.7 Å². The monoisotopic (exact) mass is 400 g/mol. The van der Waals surface area contributed by atoms with Crippen molar-refractivity contribution in [1.82, 2.24) is 10.2 Å². The number of likely N-dealkylation sites (N-methyl/N-ethyl adjacent to an activating group) is 1. The fourth-order valence-corrected chi connectivity index (χ4v) is 2.95. The first kappa shape index (κ1) is 21.6. The molecule has 0 saturated heterocycles. The molecule has 0 spiro atoms. The van der Waals surface area contributed by atoms with Crippen LogP contribution in [-0.4, -0.2) is 55.1 Å². The Balaban J connectivity index is 2.15. The largest absolute Gasteiger partial charge is 0.467 e. The van der Waals surface area contributed by atoms with E-state index < -0.39 is 29.9 Å². The number of hydrogen-bond acceptors (Lipinski definition) is 6. The number of hydrogen-bond donors (Lipinski definition) is 1. The molecule has 1 heterocycles. The molecule has 1 aliphatic heterocycles. The highest BCUT2D eigenvalue weighted by Gasteiger charge is 2.35. The number of carbonyl (C=O) groups is 2. The first-order valence-corrected chi connectivity index (χ1v) is 9.50. The Morgan fingerprint density at radius 1 is 1.37 bits per heavy atom. The highest BCUT2D eigenvalue weighted by Crippen LogP contribution is 2.29. The molecule has 0 radical (unpaired) electrons. The maximum absolute atomic E-state index is 12.4. The van der Waals surface area contributed by atoms with E-state index in [0.717, 1.165) is 24.8 Å². The standard InChI is InChI=1S/C19H29ClN2O5/c1-19(2,3)27-18(24)22(4)15(17(23)25-5)10-12-9-13(20)11-21-16(12)26-14-7-6-8-14/h9,11,14-16,21H,6-8,10H2,1-5H3/t15-,16?/m0/s1. The minimum atomic E-state index is -0.854. The second-order valence-electron chi connectivity index (χ2n) is 7.82. The van der Waals surface area contributed by atoms with Crippen LogP contribution in [0, 0.1) is 0 Å². The molecule has 2 aliphatic rings. The predicted molar refractivity (Wildman–Crippen MR) is 102 cm³/mol. The van der Waals surface area contributed by atoms with E-state index in [0.29, 0.717) is 5.03 Å². The smallest absolute Gasteiger partial charge is 0.410 e. The second-order valence-corrected chi connectivity index (χ2v) is 8.25. The van der Waals surface area contributed by atoms with Gasteiger partial charge in [0.2, 0.25) is 0 Å². The van der Waals surface area contributed by atoms with E-state index in [1.165, 1.54) is 19.1 Å². The van der Waals surface area contributed by atoms with Crippen molar-refractivity contribution in [3.8, 4) is 0 Å². The lowest BCUT2D eigenvalue weighted by Crippen LogP contribution is -2.47. The molecule has 2 rings (SSSR count). The van der Waals surface area contributed by atoms with Crippen LogP contribution in [0.4, 0.5) is 4.79 Å². The van der Waals surface area contributed by atoms with Crippen LogP contribution < -0.4 is 5.32 Å². The summed E-state index contributed by atoms with van der Waals surface area (Å²) in [5.41, 5.74) is 0.111. The van der Waals surface area contributed by atoms with Crippen LogP contribution in [0.3, 0.4) is 0 Å². The van der Waals surface area contributed by atoms with Crippen molar-refractivity contribution in [2.75, 3.05) is 14.2 Å². The average Bonchev–Trinajstić information content (AvgIpc) is 2.54. The number of esters is 1. The summed E-state index contributed by atoms with van der Waals surface area (Å²) in [6.45, 7) is 5.31. The zero-order chi connectivity index (χ0) is 20.2. The molecular weight excluding hydrogens is 372 g/mol. The summed E-state index contributed by atoms with van der Waals surface area (Å²) in [7, 11) is 2.81. The SMILES string of the molecule is COC(=O)[C@H](CC1=CC(Cl)=CNC1OC1CCC1)N(C)C(=O)OC(C)(C)C. The van der Waals surface area contributed by atoms with Crippen LogP contribution in [0.2, 0.25) is 0 Å². The van der Waals surface area contributed by atoms with Crippen molar-refractivity contribution in [2.45, 2.75) is 70.4 Å². The summed E-state index contributed by atoms with van der Waals surface area (Å²) >= 11 is 6.13. The van der Waals surface area contributed by atoms with Crippen LogP contribution in [0.1, 0.15) is 46.5 Å². The Hall–Kier alpha value is -1.73. The van der Waals surface area contributed by atoms with Gasteiger partial charge in [0.05, 0.1) is 18.2 Å². The molecule has 1 aliphatic carbocycles. The summed E-state index contributed by atoms with van der Waals surface area (Å²) in [4.78, 5) is 26.1. The molecule has 27 heavy (non-hydrogen) atoms. The maximum atomic E-state index is 12.4. The first-order valence-electron chi connectivity index (χ1n) is 9.12. The molecule has 0 aromatic rings. The Morgan fingerprint density at radius 3 is 2.56 bits per heavy atom. The first-order chi connectivity index (χ1) is 12.6. The van der Waals surface area contributed by atoms with Gasteiger partial charge in [-0.15, -0.1) is 0 Å². The number of dihydropyridines is 1. The Kier molecular flexibility index (Phi) is 7.17. The van der Waals surface area contributed by atoms with E-state index in [1.54, 1.807) is 33.0 Å².